The molecule has 1 N–H and O–H groups in total. The van der Waals surface area contributed by atoms with Crippen LogP contribution in [0.3, 0.4) is 0 Å². The Morgan fingerprint density at radius 2 is 1.81 bits per heavy atom. The predicted octanol–water partition coefficient (Wildman–Crippen LogP) is 2.85. The highest BCUT2D eigenvalue weighted by Crippen LogP contribution is 2.16. The summed E-state index contributed by atoms with van der Waals surface area (Å²) in [5, 5.41) is 9.37. The van der Waals surface area contributed by atoms with Crippen molar-refractivity contribution in [1.29, 1.82) is 0 Å². The zero-order chi connectivity index (χ0) is 12.2. The van der Waals surface area contributed by atoms with Crippen molar-refractivity contribution in [1.82, 2.24) is 0 Å². The summed E-state index contributed by atoms with van der Waals surface area (Å²) >= 11 is 0. The molecule has 1 nitrogen and oxygen atoms in total. The van der Waals surface area contributed by atoms with Crippen LogP contribution in [0.5, 0.6) is 0 Å². The fourth-order valence-corrected chi connectivity index (χ4v) is 1.17. The van der Waals surface area contributed by atoms with Crippen LogP contribution in [0, 0.1) is 11.8 Å². The molecule has 0 aliphatic carbocycles. The lowest BCUT2D eigenvalue weighted by molar-refractivity contribution is -0.0700. The number of benzene rings is 1. The van der Waals surface area contributed by atoms with Gasteiger partial charge < -0.3 is 5.11 Å². The molecule has 16 heavy (non-hydrogen) atoms. The highest BCUT2D eigenvalue weighted by molar-refractivity contribution is 5.29. The fourth-order valence-electron chi connectivity index (χ4n) is 1.17. The topological polar surface area (TPSA) is 20.2 Å². The number of aryl methyl sites for hydroxylation is 1. The van der Waals surface area contributed by atoms with E-state index < -0.39 is 12.3 Å². The molecule has 0 amide bonds. The lowest BCUT2D eigenvalue weighted by atomic mass is 10.1. The van der Waals surface area contributed by atoms with Crippen molar-refractivity contribution in [2.24, 2.45) is 0 Å². The van der Waals surface area contributed by atoms with Gasteiger partial charge in [0.15, 0.2) is 0 Å². The van der Waals surface area contributed by atoms with E-state index >= 15 is 0 Å². The van der Waals surface area contributed by atoms with Crippen molar-refractivity contribution in [3.63, 3.8) is 0 Å². The number of aliphatic hydroxyl groups excluding tert-OH is 1. The van der Waals surface area contributed by atoms with Crippen LogP contribution in [-0.4, -0.2) is 11.3 Å². The van der Waals surface area contributed by atoms with E-state index in [0.29, 0.717) is 5.56 Å². The SMILES string of the molecule is CCc1ccc(C(O)C#CC(F)(F)F)cc1. The zero-order valence-corrected chi connectivity index (χ0v) is 8.67. The Morgan fingerprint density at radius 1 is 1.25 bits per heavy atom. The Bertz CT molecular complexity index is 395. The second-order valence-electron chi connectivity index (χ2n) is 3.26. The van der Waals surface area contributed by atoms with Gasteiger partial charge >= 0.3 is 6.18 Å². The Hall–Kier alpha value is -1.47. The molecule has 86 valence electrons. The number of hydrogen-bond donors (Lipinski definition) is 1. The monoisotopic (exact) mass is 228 g/mol. The summed E-state index contributed by atoms with van der Waals surface area (Å²) in [5.41, 5.74) is 1.42. The van der Waals surface area contributed by atoms with E-state index in [9.17, 15) is 18.3 Å². The van der Waals surface area contributed by atoms with Crippen LogP contribution >= 0.6 is 0 Å². The molecular weight excluding hydrogens is 217 g/mol. The normalized spacial score (nSPS) is 12.8. The zero-order valence-electron chi connectivity index (χ0n) is 8.67. The van der Waals surface area contributed by atoms with Crippen LogP contribution in [0.15, 0.2) is 24.3 Å². The maximum Gasteiger partial charge on any atom is 0.457 e. The van der Waals surface area contributed by atoms with Crippen LogP contribution in [0.2, 0.25) is 0 Å². The molecule has 4 heteroatoms. The maximum absolute atomic E-state index is 11.8. The summed E-state index contributed by atoms with van der Waals surface area (Å²) in [7, 11) is 0. The van der Waals surface area contributed by atoms with Gasteiger partial charge in [0.1, 0.15) is 6.10 Å². The van der Waals surface area contributed by atoms with Gasteiger partial charge in [0.25, 0.3) is 0 Å². The fraction of sp³-hybridized carbons (Fsp3) is 0.333. The molecule has 0 aliphatic rings. The van der Waals surface area contributed by atoms with Crippen molar-refractivity contribution in [3.05, 3.63) is 35.4 Å². The Kier molecular flexibility index (Phi) is 3.97. The summed E-state index contributed by atoms with van der Waals surface area (Å²) in [6.45, 7) is 1.97. The van der Waals surface area contributed by atoms with E-state index in [0.717, 1.165) is 17.9 Å². The second kappa shape index (κ2) is 5.04. The quantitative estimate of drug-likeness (QED) is 0.772. The molecule has 0 aromatic heterocycles. The number of rotatable bonds is 2. The van der Waals surface area contributed by atoms with Crippen molar-refractivity contribution < 1.29 is 18.3 Å². The van der Waals surface area contributed by atoms with Gasteiger partial charge in [0, 0.05) is 5.92 Å². The summed E-state index contributed by atoms with van der Waals surface area (Å²) in [5.74, 6) is 2.81. The van der Waals surface area contributed by atoms with Crippen molar-refractivity contribution >= 4 is 0 Å². The minimum atomic E-state index is -4.57. The molecule has 0 saturated carbocycles. The van der Waals surface area contributed by atoms with Crippen molar-refractivity contribution in [2.75, 3.05) is 0 Å². The third-order valence-electron chi connectivity index (χ3n) is 2.05. The third-order valence-corrected chi connectivity index (χ3v) is 2.05. The molecule has 1 rings (SSSR count). The van der Waals surface area contributed by atoms with Gasteiger partial charge in [0.05, 0.1) is 0 Å². The van der Waals surface area contributed by atoms with E-state index in [1.807, 2.05) is 6.92 Å². The molecule has 0 bridgehead atoms. The minimum absolute atomic E-state index is 0.369. The van der Waals surface area contributed by atoms with Gasteiger partial charge in [-0.1, -0.05) is 37.1 Å². The lowest BCUT2D eigenvalue weighted by Crippen LogP contribution is -2.03. The van der Waals surface area contributed by atoms with Crippen LogP contribution in [-0.2, 0) is 6.42 Å². The number of halogens is 3. The molecule has 0 radical (unpaired) electrons. The van der Waals surface area contributed by atoms with Crippen LogP contribution in [0.25, 0.3) is 0 Å². The molecule has 0 saturated heterocycles. The predicted molar refractivity (Wildman–Crippen MR) is 54.6 cm³/mol. The average Bonchev–Trinajstić information content (AvgIpc) is 2.25. The van der Waals surface area contributed by atoms with Gasteiger partial charge in [-0.2, -0.15) is 13.2 Å². The number of hydrogen-bond acceptors (Lipinski definition) is 1. The molecule has 1 atom stereocenters. The first-order valence-corrected chi connectivity index (χ1v) is 4.78. The Morgan fingerprint density at radius 3 is 2.25 bits per heavy atom. The molecule has 0 spiro atoms. The third kappa shape index (κ3) is 3.95. The van der Waals surface area contributed by atoms with Crippen LogP contribution in [0.4, 0.5) is 13.2 Å². The Labute approximate surface area is 91.9 Å². The molecule has 1 aromatic carbocycles. The molecule has 0 fully saturated rings. The summed E-state index contributed by atoms with van der Waals surface area (Å²) < 4.78 is 35.3. The van der Waals surface area contributed by atoms with E-state index in [1.54, 1.807) is 30.2 Å². The standard InChI is InChI=1S/C12H11F3O/c1-2-9-3-5-10(6-4-9)11(16)7-8-12(13,14)15/h3-6,11,16H,2H2,1H3. The van der Waals surface area contributed by atoms with E-state index in [4.69, 9.17) is 0 Å². The molecule has 0 aliphatic heterocycles. The number of aliphatic hydroxyl groups is 1. The Balaban J connectivity index is 2.79. The molecule has 1 unspecified atom stereocenters. The van der Waals surface area contributed by atoms with Gasteiger partial charge in [-0.05, 0) is 17.5 Å². The first kappa shape index (κ1) is 12.6. The molecular formula is C12H11F3O. The highest BCUT2D eigenvalue weighted by atomic mass is 19.4. The average molecular weight is 228 g/mol. The van der Waals surface area contributed by atoms with Crippen LogP contribution in [0.1, 0.15) is 24.2 Å². The molecule has 0 heterocycles. The van der Waals surface area contributed by atoms with Gasteiger partial charge in [0.2, 0.25) is 0 Å². The van der Waals surface area contributed by atoms with Gasteiger partial charge in [-0.15, -0.1) is 0 Å². The van der Waals surface area contributed by atoms with E-state index in [2.05, 4.69) is 0 Å². The largest absolute Gasteiger partial charge is 0.457 e. The summed E-state index contributed by atoms with van der Waals surface area (Å²) in [6, 6.07) is 6.67. The van der Waals surface area contributed by atoms with E-state index in [1.165, 1.54) is 0 Å². The first-order valence-electron chi connectivity index (χ1n) is 4.78. The summed E-state index contributed by atoms with van der Waals surface area (Å²) in [6.07, 6.45) is -5.12. The minimum Gasteiger partial charge on any atom is -0.376 e. The lowest BCUT2D eigenvalue weighted by Gasteiger charge is -2.04. The van der Waals surface area contributed by atoms with Crippen molar-refractivity contribution in [2.45, 2.75) is 25.6 Å². The first-order chi connectivity index (χ1) is 7.42. The second-order valence-corrected chi connectivity index (χ2v) is 3.26. The highest BCUT2D eigenvalue weighted by Gasteiger charge is 2.23. The van der Waals surface area contributed by atoms with Crippen LogP contribution < -0.4 is 0 Å². The van der Waals surface area contributed by atoms with Gasteiger partial charge in [-0.3, -0.25) is 0 Å². The van der Waals surface area contributed by atoms with Gasteiger partial charge in [-0.25, -0.2) is 0 Å². The smallest absolute Gasteiger partial charge is 0.376 e. The van der Waals surface area contributed by atoms with E-state index in [-0.39, 0.29) is 0 Å². The maximum atomic E-state index is 11.8. The summed E-state index contributed by atoms with van der Waals surface area (Å²) in [4.78, 5) is 0. The number of alkyl halides is 3. The molecule has 1 aromatic rings. The van der Waals surface area contributed by atoms with Crippen molar-refractivity contribution in [3.8, 4) is 11.8 Å².